The van der Waals surface area contributed by atoms with Crippen LogP contribution in [-0.2, 0) is 6.18 Å². The van der Waals surface area contributed by atoms with Crippen molar-refractivity contribution in [2.75, 3.05) is 11.9 Å². The third-order valence-electron chi connectivity index (χ3n) is 4.26. The molecule has 1 amide bonds. The van der Waals surface area contributed by atoms with Gasteiger partial charge in [0, 0.05) is 6.07 Å². The Morgan fingerprint density at radius 1 is 1.03 bits per heavy atom. The standard InChI is InChI=1S/C22H17F3N2O5/c1-2-31-15-8-10-16(11-9-15)32-20-12-7-14(22(23,24)25)13-18(20)26-21(28)17-5-3-4-6-19(17)27(29)30/h3-13H,2H2,1H3,(H,26,28). The Morgan fingerprint density at radius 2 is 1.69 bits per heavy atom. The van der Waals surface area contributed by atoms with Gasteiger partial charge in [-0.3, -0.25) is 14.9 Å². The number of amides is 1. The van der Waals surface area contributed by atoms with Crippen LogP contribution < -0.4 is 14.8 Å². The Bertz CT molecular complexity index is 1130. The van der Waals surface area contributed by atoms with Crippen molar-refractivity contribution in [3.8, 4) is 17.2 Å². The summed E-state index contributed by atoms with van der Waals surface area (Å²) in [6.07, 6.45) is -4.67. The summed E-state index contributed by atoms with van der Waals surface area (Å²) in [4.78, 5) is 23.1. The molecule has 0 saturated heterocycles. The summed E-state index contributed by atoms with van der Waals surface area (Å²) >= 11 is 0. The molecule has 0 radical (unpaired) electrons. The number of hydrogen-bond donors (Lipinski definition) is 1. The summed E-state index contributed by atoms with van der Waals surface area (Å²) in [7, 11) is 0. The van der Waals surface area contributed by atoms with E-state index in [-0.39, 0.29) is 22.7 Å². The summed E-state index contributed by atoms with van der Waals surface area (Å²) < 4.78 is 50.6. The first-order valence-electron chi connectivity index (χ1n) is 9.35. The lowest BCUT2D eigenvalue weighted by molar-refractivity contribution is -0.385. The number of anilines is 1. The Labute approximate surface area is 180 Å². The van der Waals surface area contributed by atoms with E-state index < -0.39 is 28.3 Å². The highest BCUT2D eigenvalue weighted by Gasteiger charge is 2.32. The average molecular weight is 446 g/mol. The summed E-state index contributed by atoms with van der Waals surface area (Å²) in [6, 6.07) is 14.0. The zero-order valence-corrected chi connectivity index (χ0v) is 16.7. The van der Waals surface area contributed by atoms with Crippen LogP contribution in [0.2, 0.25) is 0 Å². The minimum atomic E-state index is -4.67. The van der Waals surface area contributed by atoms with Gasteiger partial charge < -0.3 is 14.8 Å². The number of carbonyl (C=O) groups excluding carboxylic acids is 1. The largest absolute Gasteiger partial charge is 0.494 e. The van der Waals surface area contributed by atoms with E-state index in [0.29, 0.717) is 18.4 Å². The van der Waals surface area contributed by atoms with Gasteiger partial charge in [0.2, 0.25) is 0 Å². The molecule has 0 unspecified atom stereocenters. The van der Waals surface area contributed by atoms with Crippen LogP contribution in [0.15, 0.2) is 66.7 Å². The number of para-hydroxylation sites is 1. The SMILES string of the molecule is CCOc1ccc(Oc2ccc(C(F)(F)F)cc2NC(=O)c2ccccc2[N+](=O)[O-])cc1. The minimum absolute atomic E-state index is 0.0749. The molecule has 1 N–H and O–H groups in total. The topological polar surface area (TPSA) is 90.7 Å². The fraction of sp³-hybridized carbons (Fsp3) is 0.136. The molecule has 32 heavy (non-hydrogen) atoms. The van der Waals surface area contributed by atoms with Crippen molar-refractivity contribution in [1.82, 2.24) is 0 Å². The van der Waals surface area contributed by atoms with E-state index in [9.17, 15) is 28.1 Å². The van der Waals surface area contributed by atoms with Gasteiger partial charge in [-0.05, 0) is 55.5 Å². The quantitative estimate of drug-likeness (QED) is 0.352. The number of nitrogens with one attached hydrogen (secondary N) is 1. The van der Waals surface area contributed by atoms with Crippen molar-refractivity contribution in [2.45, 2.75) is 13.1 Å². The molecular formula is C22H17F3N2O5. The maximum Gasteiger partial charge on any atom is 0.416 e. The third-order valence-corrected chi connectivity index (χ3v) is 4.26. The first kappa shape index (κ1) is 22.6. The van der Waals surface area contributed by atoms with Gasteiger partial charge in [-0.15, -0.1) is 0 Å². The van der Waals surface area contributed by atoms with Crippen molar-refractivity contribution in [3.05, 3.63) is 88.0 Å². The van der Waals surface area contributed by atoms with Gasteiger partial charge in [0.15, 0.2) is 5.75 Å². The van der Waals surface area contributed by atoms with Crippen LogP contribution in [0.3, 0.4) is 0 Å². The molecule has 0 saturated carbocycles. The van der Waals surface area contributed by atoms with E-state index in [1.807, 2.05) is 6.92 Å². The highest BCUT2D eigenvalue weighted by Crippen LogP contribution is 2.37. The number of nitrogens with zero attached hydrogens (tertiary/aromatic N) is 1. The van der Waals surface area contributed by atoms with E-state index in [1.165, 1.54) is 18.2 Å². The number of rotatable bonds is 7. The molecule has 0 bridgehead atoms. The van der Waals surface area contributed by atoms with Gasteiger partial charge >= 0.3 is 6.18 Å². The summed E-state index contributed by atoms with van der Waals surface area (Å²) in [5.41, 5.74) is -2.10. The number of alkyl halides is 3. The van der Waals surface area contributed by atoms with Gasteiger partial charge in [-0.25, -0.2) is 0 Å². The molecule has 3 rings (SSSR count). The lowest BCUT2D eigenvalue weighted by atomic mass is 10.1. The normalized spacial score (nSPS) is 11.0. The van der Waals surface area contributed by atoms with Crippen molar-refractivity contribution < 1.29 is 32.4 Å². The number of halogens is 3. The molecule has 0 fully saturated rings. The van der Waals surface area contributed by atoms with Gasteiger partial charge in [-0.2, -0.15) is 13.2 Å². The molecule has 0 spiro atoms. The van der Waals surface area contributed by atoms with Crippen LogP contribution >= 0.6 is 0 Å². The summed E-state index contributed by atoms with van der Waals surface area (Å²) in [6.45, 7) is 2.28. The number of carbonyl (C=O) groups is 1. The van der Waals surface area contributed by atoms with Crippen LogP contribution in [0.1, 0.15) is 22.8 Å². The van der Waals surface area contributed by atoms with Gasteiger partial charge in [0.05, 0.1) is 22.8 Å². The van der Waals surface area contributed by atoms with Crippen LogP contribution in [-0.4, -0.2) is 17.4 Å². The maximum atomic E-state index is 13.2. The summed E-state index contributed by atoms with van der Waals surface area (Å²) in [5, 5.41) is 13.5. The summed E-state index contributed by atoms with van der Waals surface area (Å²) in [5.74, 6) is -0.158. The molecule has 166 valence electrons. The molecule has 0 aliphatic rings. The van der Waals surface area contributed by atoms with E-state index in [2.05, 4.69) is 5.32 Å². The second-order valence-electron chi connectivity index (χ2n) is 6.44. The van der Waals surface area contributed by atoms with Crippen molar-refractivity contribution >= 4 is 17.3 Å². The Hall–Kier alpha value is -4.08. The van der Waals surface area contributed by atoms with Crippen LogP contribution in [0.5, 0.6) is 17.2 Å². The molecule has 0 aromatic heterocycles. The molecule has 0 heterocycles. The van der Waals surface area contributed by atoms with Crippen molar-refractivity contribution in [1.29, 1.82) is 0 Å². The molecule has 0 aliphatic carbocycles. The maximum absolute atomic E-state index is 13.2. The fourth-order valence-corrected chi connectivity index (χ4v) is 2.81. The molecular weight excluding hydrogens is 429 g/mol. The molecule has 3 aromatic carbocycles. The van der Waals surface area contributed by atoms with Crippen molar-refractivity contribution in [2.24, 2.45) is 0 Å². The predicted octanol–water partition coefficient (Wildman–Crippen LogP) is 6.06. The first-order valence-corrected chi connectivity index (χ1v) is 9.35. The monoisotopic (exact) mass is 446 g/mol. The van der Waals surface area contributed by atoms with Crippen LogP contribution in [0.4, 0.5) is 24.5 Å². The Kier molecular flexibility index (Phi) is 6.62. The third kappa shape index (κ3) is 5.34. The predicted molar refractivity (Wildman–Crippen MR) is 110 cm³/mol. The van der Waals surface area contributed by atoms with Crippen LogP contribution in [0, 0.1) is 10.1 Å². The van der Waals surface area contributed by atoms with Gasteiger partial charge in [0.25, 0.3) is 11.6 Å². The smallest absolute Gasteiger partial charge is 0.416 e. The number of ether oxygens (including phenoxy) is 2. The van der Waals surface area contributed by atoms with Gasteiger partial charge in [-0.1, -0.05) is 12.1 Å². The highest BCUT2D eigenvalue weighted by atomic mass is 19.4. The zero-order chi connectivity index (χ0) is 23.3. The fourth-order valence-electron chi connectivity index (χ4n) is 2.81. The molecule has 7 nitrogen and oxygen atoms in total. The number of nitro benzene ring substituents is 1. The van der Waals surface area contributed by atoms with E-state index >= 15 is 0 Å². The highest BCUT2D eigenvalue weighted by molar-refractivity contribution is 6.07. The van der Waals surface area contributed by atoms with Crippen LogP contribution in [0.25, 0.3) is 0 Å². The Balaban J connectivity index is 1.95. The van der Waals surface area contributed by atoms with E-state index in [1.54, 1.807) is 24.3 Å². The first-order chi connectivity index (χ1) is 15.2. The minimum Gasteiger partial charge on any atom is -0.494 e. The molecule has 3 aromatic rings. The average Bonchev–Trinajstić information content (AvgIpc) is 2.75. The van der Waals surface area contributed by atoms with E-state index in [0.717, 1.165) is 18.2 Å². The van der Waals surface area contributed by atoms with Gasteiger partial charge in [0.1, 0.15) is 17.1 Å². The van der Waals surface area contributed by atoms with Crippen molar-refractivity contribution in [3.63, 3.8) is 0 Å². The second-order valence-corrected chi connectivity index (χ2v) is 6.44. The number of hydrogen-bond acceptors (Lipinski definition) is 5. The number of nitro groups is 1. The second kappa shape index (κ2) is 9.38. The molecule has 10 heteroatoms. The molecule has 0 aliphatic heterocycles. The lowest BCUT2D eigenvalue weighted by Crippen LogP contribution is -2.15. The van der Waals surface area contributed by atoms with E-state index in [4.69, 9.17) is 9.47 Å². The lowest BCUT2D eigenvalue weighted by Gasteiger charge is -2.15. The zero-order valence-electron chi connectivity index (χ0n) is 16.7. The molecule has 0 atom stereocenters. The Morgan fingerprint density at radius 3 is 2.31 bits per heavy atom. The number of benzene rings is 3.